The number of likely N-dealkylation sites (N-methyl/N-ethyl adjacent to an activating group) is 1. The van der Waals surface area contributed by atoms with Crippen molar-refractivity contribution < 1.29 is 4.74 Å². The van der Waals surface area contributed by atoms with E-state index in [4.69, 9.17) is 16.3 Å². The Morgan fingerprint density at radius 2 is 2.00 bits per heavy atom. The molecule has 1 aromatic rings. The zero-order valence-electron chi connectivity index (χ0n) is 12.7. The third-order valence-corrected chi connectivity index (χ3v) is 4.61. The quantitative estimate of drug-likeness (QED) is 0.777. The highest BCUT2D eigenvalue weighted by Crippen LogP contribution is 2.30. The van der Waals surface area contributed by atoms with E-state index in [2.05, 4.69) is 30.0 Å². The number of hydrogen-bond acceptors (Lipinski definition) is 3. The molecule has 1 unspecified atom stereocenters. The predicted molar refractivity (Wildman–Crippen MR) is 84.7 cm³/mol. The fourth-order valence-electron chi connectivity index (χ4n) is 2.86. The van der Waals surface area contributed by atoms with Crippen LogP contribution in [0, 0.1) is 0 Å². The Balaban J connectivity index is 1.95. The molecule has 1 aromatic carbocycles. The van der Waals surface area contributed by atoms with Gasteiger partial charge in [-0.15, -0.1) is 11.6 Å². The molecule has 1 saturated heterocycles. The molecule has 0 amide bonds. The van der Waals surface area contributed by atoms with Gasteiger partial charge in [0.25, 0.3) is 0 Å². The van der Waals surface area contributed by atoms with Gasteiger partial charge in [0.15, 0.2) is 0 Å². The molecule has 0 N–H and O–H groups in total. The minimum Gasteiger partial charge on any atom is -0.496 e. The van der Waals surface area contributed by atoms with Gasteiger partial charge in [0.05, 0.1) is 12.5 Å². The number of methoxy groups -OCH3 is 1. The van der Waals surface area contributed by atoms with Gasteiger partial charge in [0.2, 0.25) is 0 Å². The van der Waals surface area contributed by atoms with Crippen LogP contribution in [0.2, 0.25) is 0 Å². The monoisotopic (exact) mass is 296 g/mol. The lowest BCUT2D eigenvalue weighted by atomic mass is 10.0. The molecule has 112 valence electrons. The maximum Gasteiger partial charge on any atom is 0.123 e. The van der Waals surface area contributed by atoms with Crippen LogP contribution in [0.25, 0.3) is 0 Å². The Kier molecular flexibility index (Phi) is 5.70. The zero-order chi connectivity index (χ0) is 14.5. The van der Waals surface area contributed by atoms with E-state index in [9.17, 15) is 0 Å². The van der Waals surface area contributed by atoms with Crippen LogP contribution in [0.15, 0.2) is 24.3 Å². The van der Waals surface area contributed by atoms with Crippen LogP contribution in [0.5, 0.6) is 5.75 Å². The molecule has 0 aromatic heterocycles. The second kappa shape index (κ2) is 7.30. The van der Waals surface area contributed by atoms with Crippen molar-refractivity contribution in [3.63, 3.8) is 0 Å². The van der Waals surface area contributed by atoms with E-state index in [1.165, 1.54) is 25.9 Å². The van der Waals surface area contributed by atoms with Gasteiger partial charge in [-0.2, -0.15) is 0 Å². The summed E-state index contributed by atoms with van der Waals surface area (Å²) >= 11 is 6.60. The number of hydrogen-bond donors (Lipinski definition) is 0. The number of rotatable bonds is 5. The van der Waals surface area contributed by atoms with Crippen LogP contribution in [0.3, 0.4) is 0 Å². The maximum absolute atomic E-state index is 6.60. The topological polar surface area (TPSA) is 15.7 Å². The molecule has 0 aliphatic carbocycles. The second-order valence-corrected chi connectivity index (χ2v) is 6.21. The number of benzene rings is 1. The molecule has 0 bridgehead atoms. The first kappa shape index (κ1) is 15.6. The summed E-state index contributed by atoms with van der Waals surface area (Å²) in [5, 5.41) is -0.0317. The molecule has 1 aliphatic rings. The lowest BCUT2D eigenvalue weighted by Crippen LogP contribution is -2.42. The van der Waals surface area contributed by atoms with Crippen LogP contribution in [-0.4, -0.2) is 56.7 Å². The van der Waals surface area contributed by atoms with Crippen LogP contribution >= 0.6 is 11.6 Å². The van der Waals surface area contributed by atoms with Crippen molar-refractivity contribution in [1.82, 2.24) is 9.80 Å². The van der Waals surface area contributed by atoms with E-state index in [1.54, 1.807) is 7.11 Å². The van der Waals surface area contributed by atoms with E-state index in [-0.39, 0.29) is 5.38 Å². The van der Waals surface area contributed by atoms with Crippen LogP contribution < -0.4 is 4.74 Å². The maximum atomic E-state index is 6.60. The van der Waals surface area contributed by atoms with Crippen molar-refractivity contribution in [1.29, 1.82) is 0 Å². The van der Waals surface area contributed by atoms with Crippen molar-refractivity contribution in [2.75, 3.05) is 40.8 Å². The van der Waals surface area contributed by atoms with E-state index >= 15 is 0 Å². The molecular formula is C16H25ClN2O. The predicted octanol–water partition coefficient (Wildman–Crippen LogP) is 3.00. The first-order valence-corrected chi connectivity index (χ1v) is 7.71. The molecule has 20 heavy (non-hydrogen) atoms. The third kappa shape index (κ3) is 3.87. The van der Waals surface area contributed by atoms with Crippen molar-refractivity contribution in [3.8, 4) is 5.75 Å². The van der Waals surface area contributed by atoms with Crippen molar-refractivity contribution in [2.24, 2.45) is 0 Å². The van der Waals surface area contributed by atoms with Crippen LogP contribution in [0.1, 0.15) is 23.8 Å². The van der Waals surface area contributed by atoms with Gasteiger partial charge in [-0.1, -0.05) is 18.2 Å². The molecule has 1 fully saturated rings. The van der Waals surface area contributed by atoms with Gasteiger partial charge < -0.3 is 14.5 Å². The number of nitrogens with zero attached hydrogens (tertiary/aromatic N) is 2. The van der Waals surface area contributed by atoms with Crippen molar-refractivity contribution in [3.05, 3.63) is 29.8 Å². The highest BCUT2D eigenvalue weighted by molar-refractivity contribution is 6.21. The normalized spacial score (nSPS) is 19.2. The smallest absolute Gasteiger partial charge is 0.123 e. The molecule has 0 spiro atoms. The molecule has 1 heterocycles. The number of halogens is 1. The SMILES string of the molecule is COc1ccccc1C(Cl)CN(C)C1CCN(C)CC1. The van der Waals surface area contributed by atoms with Gasteiger partial charge >= 0.3 is 0 Å². The first-order valence-electron chi connectivity index (χ1n) is 7.27. The Morgan fingerprint density at radius 3 is 2.65 bits per heavy atom. The highest BCUT2D eigenvalue weighted by atomic mass is 35.5. The Labute approximate surface area is 127 Å². The minimum atomic E-state index is -0.0317. The summed E-state index contributed by atoms with van der Waals surface area (Å²) in [4.78, 5) is 4.79. The molecule has 2 rings (SSSR count). The van der Waals surface area contributed by atoms with E-state index in [0.29, 0.717) is 6.04 Å². The Morgan fingerprint density at radius 1 is 1.35 bits per heavy atom. The molecule has 1 atom stereocenters. The van der Waals surface area contributed by atoms with Crippen LogP contribution in [0.4, 0.5) is 0 Å². The lowest BCUT2D eigenvalue weighted by molar-refractivity contribution is 0.144. The Bertz CT molecular complexity index is 419. The fourth-order valence-corrected chi connectivity index (χ4v) is 3.26. The summed E-state index contributed by atoms with van der Waals surface area (Å²) in [7, 11) is 6.07. The van der Waals surface area contributed by atoms with Gasteiger partial charge in [0.1, 0.15) is 5.75 Å². The van der Waals surface area contributed by atoms with E-state index in [1.807, 2.05) is 18.2 Å². The summed E-state index contributed by atoms with van der Waals surface area (Å²) in [5.41, 5.74) is 1.08. The van der Waals surface area contributed by atoms with Crippen molar-refractivity contribution >= 4 is 11.6 Å². The molecule has 0 saturated carbocycles. The number of para-hydroxylation sites is 1. The molecule has 0 radical (unpaired) electrons. The van der Waals surface area contributed by atoms with E-state index in [0.717, 1.165) is 17.9 Å². The lowest BCUT2D eigenvalue weighted by Gasteiger charge is -2.36. The number of ether oxygens (including phenoxy) is 1. The average Bonchev–Trinajstić information content (AvgIpc) is 2.47. The summed E-state index contributed by atoms with van der Waals surface area (Å²) in [6.07, 6.45) is 2.45. The summed E-state index contributed by atoms with van der Waals surface area (Å²) in [6.45, 7) is 3.21. The Hall–Kier alpha value is -0.770. The average molecular weight is 297 g/mol. The fraction of sp³-hybridized carbons (Fsp3) is 0.625. The molecular weight excluding hydrogens is 272 g/mol. The van der Waals surface area contributed by atoms with Gasteiger partial charge in [0, 0.05) is 18.2 Å². The first-order chi connectivity index (χ1) is 9.61. The van der Waals surface area contributed by atoms with Gasteiger partial charge in [-0.25, -0.2) is 0 Å². The number of alkyl halides is 1. The van der Waals surface area contributed by atoms with E-state index < -0.39 is 0 Å². The zero-order valence-corrected chi connectivity index (χ0v) is 13.4. The highest BCUT2D eigenvalue weighted by Gasteiger charge is 2.23. The molecule has 1 aliphatic heterocycles. The minimum absolute atomic E-state index is 0.0317. The summed E-state index contributed by atoms with van der Waals surface area (Å²) < 4.78 is 5.40. The number of piperidine rings is 1. The van der Waals surface area contributed by atoms with Crippen LogP contribution in [-0.2, 0) is 0 Å². The summed E-state index contributed by atoms with van der Waals surface area (Å²) in [6, 6.07) is 8.66. The van der Waals surface area contributed by atoms with Gasteiger partial charge in [-0.3, -0.25) is 0 Å². The molecule has 3 nitrogen and oxygen atoms in total. The molecule has 4 heteroatoms. The second-order valence-electron chi connectivity index (χ2n) is 5.68. The standard InChI is InChI=1S/C16H25ClN2O/c1-18-10-8-13(9-11-18)19(2)12-15(17)14-6-4-5-7-16(14)20-3/h4-7,13,15H,8-12H2,1-3H3. The van der Waals surface area contributed by atoms with Gasteiger partial charge in [-0.05, 0) is 46.1 Å². The largest absolute Gasteiger partial charge is 0.496 e. The number of likely N-dealkylation sites (tertiary alicyclic amines) is 1. The third-order valence-electron chi connectivity index (χ3n) is 4.24. The van der Waals surface area contributed by atoms with Crippen molar-refractivity contribution in [2.45, 2.75) is 24.3 Å². The summed E-state index contributed by atoms with van der Waals surface area (Å²) in [5.74, 6) is 0.879.